The van der Waals surface area contributed by atoms with Gasteiger partial charge in [-0.2, -0.15) is 0 Å². The molecule has 2 aromatic rings. The molecule has 0 bridgehead atoms. The van der Waals surface area contributed by atoms with Crippen molar-refractivity contribution < 1.29 is 9.72 Å². The van der Waals surface area contributed by atoms with Gasteiger partial charge in [-0.25, -0.2) is 0 Å². The second-order valence-corrected chi connectivity index (χ2v) is 7.53. The minimum atomic E-state index is -0.433. The Labute approximate surface area is 177 Å². The SMILES string of the molecule is CN1CCN(CCCNC(=O)/C(=C/c2cccc([N+](=O)[O-])c2)c2ccccc2)CC1. The van der Waals surface area contributed by atoms with E-state index in [1.807, 2.05) is 30.3 Å². The van der Waals surface area contributed by atoms with Gasteiger partial charge >= 0.3 is 0 Å². The van der Waals surface area contributed by atoms with Gasteiger partial charge in [0.1, 0.15) is 0 Å². The molecule has 0 unspecified atom stereocenters. The van der Waals surface area contributed by atoms with Crippen LogP contribution in [0.15, 0.2) is 54.6 Å². The number of carbonyl (C=O) groups is 1. The van der Waals surface area contributed by atoms with Crippen LogP contribution in [-0.2, 0) is 4.79 Å². The van der Waals surface area contributed by atoms with Crippen LogP contribution in [0.5, 0.6) is 0 Å². The lowest BCUT2D eigenvalue weighted by atomic mass is 10.0. The number of nitro benzene ring substituents is 1. The van der Waals surface area contributed by atoms with Crippen molar-refractivity contribution in [1.82, 2.24) is 15.1 Å². The van der Waals surface area contributed by atoms with E-state index in [-0.39, 0.29) is 11.6 Å². The summed E-state index contributed by atoms with van der Waals surface area (Å²) in [4.78, 5) is 28.3. The van der Waals surface area contributed by atoms with E-state index in [1.54, 1.807) is 18.2 Å². The average molecular weight is 409 g/mol. The smallest absolute Gasteiger partial charge is 0.270 e. The quantitative estimate of drug-likeness (QED) is 0.239. The lowest BCUT2D eigenvalue weighted by Crippen LogP contribution is -2.45. The monoisotopic (exact) mass is 408 g/mol. The number of rotatable bonds is 8. The van der Waals surface area contributed by atoms with Gasteiger partial charge in [-0.15, -0.1) is 0 Å². The van der Waals surface area contributed by atoms with Gasteiger partial charge in [0.05, 0.1) is 4.92 Å². The molecule has 0 aliphatic carbocycles. The van der Waals surface area contributed by atoms with Crippen LogP contribution in [0.2, 0.25) is 0 Å². The number of nitro groups is 1. The molecule has 1 amide bonds. The highest BCUT2D eigenvalue weighted by atomic mass is 16.6. The highest BCUT2D eigenvalue weighted by Gasteiger charge is 2.15. The summed E-state index contributed by atoms with van der Waals surface area (Å²) in [5.41, 5.74) is 1.90. The zero-order valence-electron chi connectivity index (χ0n) is 17.3. The molecule has 30 heavy (non-hydrogen) atoms. The molecule has 1 fully saturated rings. The number of benzene rings is 2. The Morgan fingerprint density at radius 2 is 1.83 bits per heavy atom. The number of amides is 1. The zero-order chi connectivity index (χ0) is 21.3. The van der Waals surface area contributed by atoms with E-state index in [0.717, 1.165) is 44.7 Å². The molecule has 0 radical (unpaired) electrons. The maximum atomic E-state index is 12.9. The van der Waals surface area contributed by atoms with Crippen molar-refractivity contribution in [1.29, 1.82) is 0 Å². The number of nitrogens with one attached hydrogen (secondary N) is 1. The maximum Gasteiger partial charge on any atom is 0.270 e. The zero-order valence-corrected chi connectivity index (χ0v) is 17.3. The predicted octanol–water partition coefficient (Wildman–Crippen LogP) is 2.89. The van der Waals surface area contributed by atoms with Gasteiger partial charge in [-0.3, -0.25) is 14.9 Å². The van der Waals surface area contributed by atoms with Gasteiger partial charge in [-0.1, -0.05) is 42.5 Å². The van der Waals surface area contributed by atoms with Crippen molar-refractivity contribution >= 4 is 23.2 Å². The van der Waals surface area contributed by atoms with Crippen molar-refractivity contribution in [2.24, 2.45) is 0 Å². The van der Waals surface area contributed by atoms with Gasteiger partial charge < -0.3 is 15.1 Å². The van der Waals surface area contributed by atoms with Crippen molar-refractivity contribution in [3.05, 3.63) is 75.8 Å². The van der Waals surface area contributed by atoms with E-state index >= 15 is 0 Å². The highest BCUT2D eigenvalue weighted by Crippen LogP contribution is 2.21. The predicted molar refractivity (Wildman–Crippen MR) is 119 cm³/mol. The van der Waals surface area contributed by atoms with E-state index in [0.29, 0.717) is 17.7 Å². The van der Waals surface area contributed by atoms with Crippen LogP contribution >= 0.6 is 0 Å². The van der Waals surface area contributed by atoms with Crippen molar-refractivity contribution in [3.8, 4) is 0 Å². The van der Waals surface area contributed by atoms with Crippen LogP contribution in [0.1, 0.15) is 17.5 Å². The Bertz CT molecular complexity index is 890. The minimum absolute atomic E-state index is 0.00347. The summed E-state index contributed by atoms with van der Waals surface area (Å²) in [6.45, 7) is 5.83. The summed E-state index contributed by atoms with van der Waals surface area (Å²) in [7, 11) is 2.14. The minimum Gasteiger partial charge on any atom is -0.352 e. The summed E-state index contributed by atoms with van der Waals surface area (Å²) in [5, 5.41) is 14.1. The Balaban J connectivity index is 1.66. The fourth-order valence-electron chi connectivity index (χ4n) is 3.46. The van der Waals surface area contributed by atoms with Crippen LogP contribution in [0.3, 0.4) is 0 Å². The molecule has 2 aromatic carbocycles. The summed E-state index contributed by atoms with van der Waals surface area (Å²) in [6, 6.07) is 15.7. The number of carbonyl (C=O) groups excluding carboxylic acids is 1. The van der Waals surface area contributed by atoms with Gasteiger partial charge in [0.2, 0.25) is 0 Å². The summed E-state index contributed by atoms with van der Waals surface area (Å²) < 4.78 is 0. The topological polar surface area (TPSA) is 78.7 Å². The van der Waals surface area contributed by atoms with E-state index in [4.69, 9.17) is 0 Å². The van der Waals surface area contributed by atoms with Crippen molar-refractivity contribution in [2.75, 3.05) is 46.3 Å². The third kappa shape index (κ3) is 6.23. The van der Waals surface area contributed by atoms with Crippen LogP contribution in [-0.4, -0.2) is 66.9 Å². The molecule has 1 heterocycles. The normalized spacial score (nSPS) is 15.7. The molecule has 0 atom stereocenters. The van der Waals surface area contributed by atoms with Crippen LogP contribution in [0.25, 0.3) is 11.6 Å². The molecule has 1 saturated heterocycles. The molecule has 0 saturated carbocycles. The molecule has 0 spiro atoms. The van der Waals surface area contributed by atoms with E-state index in [1.165, 1.54) is 12.1 Å². The Hall–Kier alpha value is -3.03. The van der Waals surface area contributed by atoms with Gasteiger partial charge in [-0.05, 0) is 37.2 Å². The lowest BCUT2D eigenvalue weighted by molar-refractivity contribution is -0.384. The molecule has 158 valence electrons. The average Bonchev–Trinajstić information content (AvgIpc) is 2.77. The Morgan fingerprint density at radius 3 is 2.53 bits per heavy atom. The van der Waals surface area contributed by atoms with Gasteiger partial charge in [0.15, 0.2) is 0 Å². The molecule has 7 nitrogen and oxygen atoms in total. The first kappa shape index (κ1) is 21.7. The molecule has 1 N–H and O–H groups in total. The molecule has 7 heteroatoms. The maximum absolute atomic E-state index is 12.9. The second kappa shape index (κ2) is 10.7. The summed E-state index contributed by atoms with van der Waals surface area (Å²) in [6.07, 6.45) is 2.59. The highest BCUT2D eigenvalue weighted by molar-refractivity contribution is 6.24. The number of non-ortho nitro benzene ring substituents is 1. The summed E-state index contributed by atoms with van der Waals surface area (Å²) in [5.74, 6) is -0.175. The fourth-order valence-corrected chi connectivity index (χ4v) is 3.46. The number of piperazine rings is 1. The number of hydrogen-bond donors (Lipinski definition) is 1. The van der Waals surface area contributed by atoms with E-state index in [9.17, 15) is 14.9 Å². The molecule has 3 rings (SSSR count). The van der Waals surface area contributed by atoms with E-state index < -0.39 is 4.92 Å². The van der Waals surface area contributed by atoms with Gasteiger partial charge in [0, 0.05) is 50.4 Å². The van der Waals surface area contributed by atoms with Crippen LogP contribution in [0, 0.1) is 10.1 Å². The lowest BCUT2D eigenvalue weighted by Gasteiger charge is -2.32. The first-order valence-electron chi connectivity index (χ1n) is 10.2. The van der Waals surface area contributed by atoms with Crippen LogP contribution in [0.4, 0.5) is 5.69 Å². The molecular weight excluding hydrogens is 380 g/mol. The fraction of sp³-hybridized carbons (Fsp3) is 0.348. The first-order chi connectivity index (χ1) is 14.5. The molecule has 1 aliphatic rings. The molecule has 0 aromatic heterocycles. The van der Waals surface area contributed by atoms with E-state index in [2.05, 4.69) is 22.2 Å². The number of nitrogens with zero attached hydrogens (tertiary/aromatic N) is 3. The number of hydrogen-bond acceptors (Lipinski definition) is 5. The number of likely N-dealkylation sites (N-methyl/N-ethyl adjacent to an activating group) is 1. The first-order valence-corrected chi connectivity index (χ1v) is 10.2. The third-order valence-corrected chi connectivity index (χ3v) is 5.25. The van der Waals surface area contributed by atoms with Crippen LogP contribution < -0.4 is 5.32 Å². The van der Waals surface area contributed by atoms with Crippen molar-refractivity contribution in [3.63, 3.8) is 0 Å². The third-order valence-electron chi connectivity index (χ3n) is 5.25. The van der Waals surface area contributed by atoms with Gasteiger partial charge in [0.25, 0.3) is 11.6 Å². The van der Waals surface area contributed by atoms with Crippen molar-refractivity contribution in [2.45, 2.75) is 6.42 Å². The molecule has 1 aliphatic heterocycles. The summed E-state index contributed by atoms with van der Waals surface area (Å²) >= 11 is 0. The molecular formula is C23H28N4O3. The Morgan fingerprint density at radius 1 is 1.10 bits per heavy atom. The standard InChI is InChI=1S/C23H28N4O3/c1-25-13-15-26(16-14-25)12-6-11-24-23(28)22(20-8-3-2-4-9-20)18-19-7-5-10-21(17-19)27(29)30/h2-5,7-10,17-18H,6,11-16H2,1H3,(H,24,28)/b22-18+. The largest absolute Gasteiger partial charge is 0.352 e. The second-order valence-electron chi connectivity index (χ2n) is 7.53. The Kier molecular flexibility index (Phi) is 7.70.